The molecular weight excluding hydrogens is 468 g/mol. The van der Waals surface area contributed by atoms with E-state index in [0.717, 1.165) is 5.69 Å². The normalized spacial score (nSPS) is 11.8. The SMILES string of the molecule is CC(C)OC(=O)CC[C@H](NC(=O)c1ccc(N(C)Cc2cnc3nc(N)nc(N)c3n2)cc1)C(=O)O. The molecule has 2 aromatic heterocycles. The molecule has 13 nitrogen and oxygen atoms in total. The molecule has 190 valence electrons. The number of ether oxygens (including phenoxy) is 1. The van der Waals surface area contributed by atoms with Crippen LogP contribution in [0.5, 0.6) is 0 Å². The first-order valence-electron chi connectivity index (χ1n) is 11.1. The van der Waals surface area contributed by atoms with Crippen molar-refractivity contribution in [1.82, 2.24) is 25.3 Å². The summed E-state index contributed by atoms with van der Waals surface area (Å²) in [6, 6.07) is 5.37. The lowest BCUT2D eigenvalue weighted by atomic mass is 10.1. The van der Waals surface area contributed by atoms with E-state index in [1.165, 1.54) is 0 Å². The fourth-order valence-electron chi connectivity index (χ4n) is 3.34. The van der Waals surface area contributed by atoms with Crippen LogP contribution in [-0.4, -0.2) is 62.1 Å². The molecule has 13 heteroatoms. The highest BCUT2D eigenvalue weighted by Gasteiger charge is 2.22. The van der Waals surface area contributed by atoms with E-state index < -0.39 is 23.9 Å². The van der Waals surface area contributed by atoms with Crippen LogP contribution in [0.25, 0.3) is 11.2 Å². The van der Waals surface area contributed by atoms with E-state index in [4.69, 9.17) is 16.2 Å². The molecule has 36 heavy (non-hydrogen) atoms. The Bertz CT molecular complexity index is 1270. The van der Waals surface area contributed by atoms with Gasteiger partial charge in [0.05, 0.1) is 24.5 Å². The maximum atomic E-state index is 12.6. The van der Waals surface area contributed by atoms with E-state index in [9.17, 15) is 19.5 Å². The molecule has 0 saturated carbocycles. The van der Waals surface area contributed by atoms with Crippen LogP contribution in [0, 0.1) is 0 Å². The van der Waals surface area contributed by atoms with E-state index in [0.29, 0.717) is 23.4 Å². The standard InChI is InChI=1S/C23H28N8O5/c1-12(2)36-17(32)9-8-16(22(34)35)28-21(33)13-4-6-15(7-5-13)31(3)11-14-10-26-20-18(27-14)19(24)29-23(25)30-20/h4-7,10,12,16H,8-9,11H2,1-3H3,(H,28,33)(H,34,35)(H4,24,25,26,29,30)/t16-/m0/s1. The first-order chi connectivity index (χ1) is 17.0. The number of aliphatic carboxylic acids is 1. The van der Waals surface area contributed by atoms with Gasteiger partial charge in [0.2, 0.25) is 5.95 Å². The lowest BCUT2D eigenvalue weighted by Crippen LogP contribution is -2.41. The number of nitrogens with two attached hydrogens (primary N) is 2. The lowest BCUT2D eigenvalue weighted by Gasteiger charge is -2.19. The molecule has 1 amide bonds. The molecule has 1 atom stereocenters. The Hall–Kier alpha value is -4.55. The zero-order chi connectivity index (χ0) is 26.4. The van der Waals surface area contributed by atoms with Crippen LogP contribution in [0.2, 0.25) is 0 Å². The molecule has 0 unspecified atom stereocenters. The van der Waals surface area contributed by atoms with Gasteiger partial charge in [-0.3, -0.25) is 9.59 Å². The van der Waals surface area contributed by atoms with E-state index in [1.54, 1.807) is 44.3 Å². The summed E-state index contributed by atoms with van der Waals surface area (Å²) in [6.07, 6.45) is 1.06. The van der Waals surface area contributed by atoms with Gasteiger partial charge in [-0.15, -0.1) is 0 Å². The van der Waals surface area contributed by atoms with Gasteiger partial charge in [0.25, 0.3) is 5.91 Å². The maximum absolute atomic E-state index is 12.6. The van der Waals surface area contributed by atoms with Crippen LogP contribution in [0.1, 0.15) is 42.7 Å². The number of aromatic nitrogens is 4. The molecule has 3 rings (SSSR count). The molecule has 2 heterocycles. The van der Waals surface area contributed by atoms with E-state index in [2.05, 4.69) is 25.3 Å². The number of hydrogen-bond donors (Lipinski definition) is 4. The molecule has 0 saturated heterocycles. The van der Waals surface area contributed by atoms with E-state index in [1.807, 2.05) is 11.9 Å². The number of esters is 1. The zero-order valence-electron chi connectivity index (χ0n) is 20.1. The summed E-state index contributed by atoms with van der Waals surface area (Å²) in [6.45, 7) is 3.78. The molecule has 0 spiro atoms. The van der Waals surface area contributed by atoms with Crippen molar-refractivity contribution in [3.8, 4) is 0 Å². The summed E-state index contributed by atoms with van der Waals surface area (Å²) >= 11 is 0. The first kappa shape index (κ1) is 26.1. The Morgan fingerprint density at radius 1 is 1.11 bits per heavy atom. The van der Waals surface area contributed by atoms with Gasteiger partial charge in [-0.2, -0.15) is 9.97 Å². The highest BCUT2D eigenvalue weighted by Crippen LogP contribution is 2.19. The van der Waals surface area contributed by atoms with Crippen molar-refractivity contribution >= 4 is 46.5 Å². The molecule has 6 N–H and O–H groups in total. The summed E-state index contributed by atoms with van der Waals surface area (Å²) in [5, 5.41) is 11.9. The van der Waals surface area contributed by atoms with Crippen molar-refractivity contribution in [2.75, 3.05) is 23.4 Å². The number of benzene rings is 1. The fraction of sp³-hybridized carbons (Fsp3) is 0.348. The van der Waals surface area contributed by atoms with Crippen molar-refractivity contribution in [2.24, 2.45) is 0 Å². The van der Waals surface area contributed by atoms with Gasteiger partial charge in [0.1, 0.15) is 6.04 Å². The van der Waals surface area contributed by atoms with Gasteiger partial charge in [-0.1, -0.05) is 0 Å². The van der Waals surface area contributed by atoms with Crippen LogP contribution in [0.3, 0.4) is 0 Å². The van der Waals surface area contributed by atoms with Gasteiger partial charge < -0.3 is 31.5 Å². The Morgan fingerprint density at radius 2 is 1.81 bits per heavy atom. The first-order valence-corrected chi connectivity index (χ1v) is 11.1. The number of nitrogen functional groups attached to an aromatic ring is 2. The average Bonchev–Trinajstić information content (AvgIpc) is 2.81. The van der Waals surface area contributed by atoms with Crippen LogP contribution in [0.15, 0.2) is 30.5 Å². The van der Waals surface area contributed by atoms with Crippen LogP contribution in [0.4, 0.5) is 17.5 Å². The van der Waals surface area contributed by atoms with E-state index in [-0.39, 0.29) is 36.3 Å². The van der Waals surface area contributed by atoms with Crippen LogP contribution >= 0.6 is 0 Å². The monoisotopic (exact) mass is 496 g/mol. The van der Waals surface area contributed by atoms with Gasteiger partial charge in [0, 0.05) is 24.7 Å². The third-order valence-electron chi connectivity index (χ3n) is 5.08. The second-order valence-electron chi connectivity index (χ2n) is 8.35. The summed E-state index contributed by atoms with van der Waals surface area (Å²) < 4.78 is 5.00. The lowest BCUT2D eigenvalue weighted by molar-refractivity contribution is -0.148. The maximum Gasteiger partial charge on any atom is 0.326 e. The van der Waals surface area contributed by atoms with Gasteiger partial charge >= 0.3 is 11.9 Å². The molecule has 0 aliphatic rings. The molecule has 1 aromatic carbocycles. The number of nitrogens with one attached hydrogen (secondary N) is 1. The van der Waals surface area contributed by atoms with Crippen molar-refractivity contribution in [1.29, 1.82) is 0 Å². The van der Waals surface area contributed by atoms with E-state index >= 15 is 0 Å². The molecule has 3 aromatic rings. The number of fused-ring (bicyclic) bond motifs is 1. The number of carbonyl (C=O) groups is 3. The van der Waals surface area contributed by atoms with Crippen molar-refractivity contribution in [2.45, 2.75) is 45.4 Å². The molecule has 0 bridgehead atoms. The highest BCUT2D eigenvalue weighted by atomic mass is 16.5. The quantitative estimate of drug-likeness (QED) is 0.292. The minimum absolute atomic E-state index is 0.0200. The summed E-state index contributed by atoms with van der Waals surface area (Å²) in [4.78, 5) is 54.3. The fourth-order valence-corrected chi connectivity index (χ4v) is 3.34. The average molecular weight is 497 g/mol. The largest absolute Gasteiger partial charge is 0.480 e. The molecule has 0 aliphatic carbocycles. The Kier molecular flexibility index (Phi) is 8.14. The number of amides is 1. The third kappa shape index (κ3) is 6.74. The second-order valence-corrected chi connectivity index (χ2v) is 8.35. The summed E-state index contributed by atoms with van der Waals surface area (Å²) in [7, 11) is 1.83. The predicted octanol–water partition coefficient (Wildman–Crippen LogP) is 1.14. The number of rotatable bonds is 10. The number of carboxylic acid groups (broad SMARTS) is 1. The number of hydrogen-bond acceptors (Lipinski definition) is 11. The zero-order valence-corrected chi connectivity index (χ0v) is 20.1. The molecule has 0 radical (unpaired) electrons. The molecular formula is C23H28N8O5. The topological polar surface area (TPSA) is 200 Å². The van der Waals surface area contributed by atoms with Gasteiger partial charge in [-0.25, -0.2) is 14.8 Å². The summed E-state index contributed by atoms with van der Waals surface area (Å²) in [5.74, 6) is -2.16. The second kappa shape index (κ2) is 11.3. The Morgan fingerprint density at radius 3 is 2.44 bits per heavy atom. The minimum atomic E-state index is -1.23. The minimum Gasteiger partial charge on any atom is -0.480 e. The Balaban J connectivity index is 1.63. The third-order valence-corrected chi connectivity index (χ3v) is 5.08. The smallest absolute Gasteiger partial charge is 0.326 e. The Labute approximate surface area is 206 Å². The number of carbonyl (C=O) groups excluding carboxylic acids is 2. The highest BCUT2D eigenvalue weighted by molar-refractivity contribution is 5.97. The molecule has 0 fully saturated rings. The van der Waals surface area contributed by atoms with Crippen LogP contribution < -0.4 is 21.7 Å². The number of anilines is 3. The van der Waals surface area contributed by atoms with Crippen LogP contribution in [-0.2, 0) is 20.9 Å². The van der Waals surface area contributed by atoms with Gasteiger partial charge in [-0.05, 0) is 44.5 Å². The van der Waals surface area contributed by atoms with Gasteiger partial charge in [0.15, 0.2) is 17.0 Å². The predicted molar refractivity (Wildman–Crippen MR) is 132 cm³/mol. The number of carboxylic acids is 1. The number of nitrogens with zero attached hydrogens (tertiary/aromatic N) is 5. The van der Waals surface area contributed by atoms with Crippen molar-refractivity contribution in [3.05, 3.63) is 41.7 Å². The summed E-state index contributed by atoms with van der Waals surface area (Å²) in [5.41, 5.74) is 13.8. The molecule has 0 aliphatic heterocycles. The van der Waals surface area contributed by atoms with Crippen molar-refractivity contribution < 1.29 is 24.2 Å². The van der Waals surface area contributed by atoms with Crippen molar-refractivity contribution in [3.63, 3.8) is 0 Å².